The molecule has 2 N–H and O–H groups in total. The van der Waals surface area contributed by atoms with Gasteiger partial charge in [0.2, 0.25) is 5.96 Å². The highest BCUT2D eigenvalue weighted by molar-refractivity contribution is 7.16. The quantitative estimate of drug-likeness (QED) is 0.821. The van der Waals surface area contributed by atoms with Gasteiger partial charge in [-0.15, -0.1) is 4.91 Å². The van der Waals surface area contributed by atoms with Gasteiger partial charge in [0.1, 0.15) is 6.04 Å². The first kappa shape index (κ1) is 14.3. The van der Waals surface area contributed by atoms with Crippen molar-refractivity contribution >= 4 is 46.4 Å². The van der Waals surface area contributed by atoms with Crippen molar-refractivity contribution in [3.63, 3.8) is 0 Å². The van der Waals surface area contributed by atoms with Crippen molar-refractivity contribution in [3.05, 3.63) is 27.6 Å². The average Bonchev–Trinajstić information content (AvgIpc) is 2.95. The zero-order valence-electron chi connectivity index (χ0n) is 11.3. The van der Waals surface area contributed by atoms with E-state index in [1.165, 1.54) is 11.3 Å². The number of carbonyl (C=O) groups is 2. The minimum atomic E-state index is -0.926. The number of carbonyl (C=O) groups excluding carboxylic acids is 2. The van der Waals surface area contributed by atoms with Crippen LogP contribution in [0.25, 0.3) is 12.2 Å². The fraction of sp³-hybridized carbons (Fsp3) is 0.231. The average molecular weight is 317 g/mol. The number of anilines is 1. The molecule has 9 heteroatoms. The summed E-state index contributed by atoms with van der Waals surface area (Å²) in [5.74, 6) is -1.13. The molecule has 0 saturated carbocycles. The largest absolute Gasteiger partial charge is 0.302 e. The van der Waals surface area contributed by atoms with E-state index in [1.807, 2.05) is 24.3 Å². The van der Waals surface area contributed by atoms with E-state index in [9.17, 15) is 14.5 Å². The molecule has 2 aliphatic rings. The maximum absolute atomic E-state index is 11.7. The standard InChI is InChI=1S/C13H11N5O3S/c19-10(18-21)6-8-11(20)16-12(14-8)17-13-15-7-4-2-1-3-5-9(7)22-13/h2-5,8H,1,6H2,(H2,14,15,16,17,20). The summed E-state index contributed by atoms with van der Waals surface area (Å²) in [6.45, 7) is 0. The van der Waals surface area contributed by atoms with Crippen molar-refractivity contribution in [2.75, 3.05) is 5.32 Å². The molecule has 0 radical (unpaired) electrons. The van der Waals surface area contributed by atoms with Crippen LogP contribution < -0.4 is 10.6 Å². The first-order valence-electron chi connectivity index (χ1n) is 6.51. The van der Waals surface area contributed by atoms with Gasteiger partial charge in [0.25, 0.3) is 11.8 Å². The second-order valence-corrected chi connectivity index (χ2v) is 5.64. The van der Waals surface area contributed by atoms with Gasteiger partial charge in [-0.05, 0) is 18.6 Å². The number of aliphatic imine (C=N–C) groups is 1. The predicted molar refractivity (Wildman–Crippen MR) is 83.2 cm³/mol. The van der Waals surface area contributed by atoms with E-state index in [4.69, 9.17) is 0 Å². The molecule has 0 saturated heterocycles. The number of aromatic nitrogens is 1. The molecule has 2 heterocycles. The number of hydrogen-bond donors (Lipinski definition) is 2. The summed E-state index contributed by atoms with van der Waals surface area (Å²) in [5, 5.41) is 8.27. The topological polar surface area (TPSA) is 113 Å². The Balaban J connectivity index is 1.72. The number of nitrogens with zero attached hydrogens (tertiary/aromatic N) is 3. The molecule has 0 fully saturated rings. The number of rotatable bonds is 3. The van der Waals surface area contributed by atoms with E-state index in [-0.39, 0.29) is 12.4 Å². The van der Waals surface area contributed by atoms with Crippen molar-refractivity contribution in [2.24, 2.45) is 10.2 Å². The van der Waals surface area contributed by atoms with E-state index in [0.717, 1.165) is 17.0 Å². The highest BCUT2D eigenvalue weighted by Gasteiger charge is 2.29. The summed E-state index contributed by atoms with van der Waals surface area (Å²) >= 11 is 1.43. The third-order valence-corrected chi connectivity index (χ3v) is 3.97. The molecule has 112 valence electrons. The third kappa shape index (κ3) is 2.98. The lowest BCUT2D eigenvalue weighted by molar-refractivity contribution is -0.124. The van der Waals surface area contributed by atoms with Gasteiger partial charge in [-0.3, -0.25) is 14.9 Å². The second-order valence-electron chi connectivity index (χ2n) is 4.61. The van der Waals surface area contributed by atoms with Gasteiger partial charge in [-0.25, -0.2) is 9.98 Å². The number of guanidine groups is 1. The number of nitrogens with one attached hydrogen (secondary N) is 2. The minimum absolute atomic E-state index is 0.213. The van der Waals surface area contributed by atoms with Gasteiger partial charge in [-0.2, -0.15) is 0 Å². The van der Waals surface area contributed by atoms with Gasteiger partial charge in [-0.1, -0.05) is 23.5 Å². The van der Waals surface area contributed by atoms with E-state index < -0.39 is 17.9 Å². The van der Waals surface area contributed by atoms with Crippen molar-refractivity contribution in [1.82, 2.24) is 10.3 Å². The van der Waals surface area contributed by atoms with E-state index >= 15 is 0 Å². The Morgan fingerprint density at radius 3 is 3.09 bits per heavy atom. The molecule has 1 aliphatic carbocycles. The van der Waals surface area contributed by atoms with Crippen molar-refractivity contribution in [1.29, 1.82) is 0 Å². The van der Waals surface area contributed by atoms with Crippen LogP contribution in [0.3, 0.4) is 0 Å². The molecule has 1 atom stereocenters. The fourth-order valence-electron chi connectivity index (χ4n) is 2.02. The fourth-order valence-corrected chi connectivity index (χ4v) is 2.90. The Kier molecular flexibility index (Phi) is 3.88. The molecular formula is C13H11N5O3S. The number of thiazole rings is 1. The molecule has 1 aromatic heterocycles. The van der Waals surface area contributed by atoms with Crippen LogP contribution in [0.15, 0.2) is 22.3 Å². The van der Waals surface area contributed by atoms with E-state index in [1.54, 1.807) is 0 Å². The lowest BCUT2D eigenvalue weighted by Crippen LogP contribution is -2.33. The van der Waals surface area contributed by atoms with E-state index in [2.05, 4.69) is 25.8 Å². The Hall–Kier alpha value is -2.68. The number of hydrogen-bond acceptors (Lipinski definition) is 7. The molecule has 2 amide bonds. The van der Waals surface area contributed by atoms with Crippen LogP contribution in [0.2, 0.25) is 0 Å². The summed E-state index contributed by atoms with van der Waals surface area (Å²) in [4.78, 5) is 42.2. The summed E-state index contributed by atoms with van der Waals surface area (Å²) in [5.41, 5.74) is 0.850. The van der Waals surface area contributed by atoms with Gasteiger partial charge in [0, 0.05) is 5.18 Å². The highest BCUT2D eigenvalue weighted by atomic mass is 32.1. The zero-order chi connectivity index (χ0) is 15.5. The molecule has 1 aromatic rings. The number of amides is 2. The van der Waals surface area contributed by atoms with Crippen LogP contribution in [0.4, 0.5) is 5.13 Å². The normalized spacial score (nSPS) is 19.2. The molecule has 0 aromatic carbocycles. The summed E-state index contributed by atoms with van der Waals surface area (Å²) in [7, 11) is 0. The first-order chi connectivity index (χ1) is 10.7. The smallest absolute Gasteiger partial charge is 0.289 e. The zero-order valence-corrected chi connectivity index (χ0v) is 12.1. The molecule has 1 unspecified atom stereocenters. The van der Waals surface area contributed by atoms with E-state index in [0.29, 0.717) is 5.13 Å². The minimum Gasteiger partial charge on any atom is -0.302 e. The van der Waals surface area contributed by atoms with Crippen LogP contribution in [0.5, 0.6) is 0 Å². The highest BCUT2D eigenvalue weighted by Crippen LogP contribution is 2.27. The van der Waals surface area contributed by atoms with Gasteiger partial charge in [0.05, 0.1) is 17.0 Å². The molecule has 0 bridgehead atoms. The lowest BCUT2D eigenvalue weighted by atomic mass is 10.2. The van der Waals surface area contributed by atoms with Crippen LogP contribution in [0, 0.1) is 4.91 Å². The number of allylic oxidation sites excluding steroid dienone is 2. The van der Waals surface area contributed by atoms with Crippen LogP contribution >= 0.6 is 11.3 Å². The molecule has 8 nitrogen and oxygen atoms in total. The molecular weight excluding hydrogens is 306 g/mol. The SMILES string of the molecule is O=NC(=O)CC1N=C(Nc2nc3c(s2)C=CCC=C3)NC1=O. The molecule has 3 rings (SSSR count). The predicted octanol–water partition coefficient (Wildman–Crippen LogP) is 1.52. The van der Waals surface area contributed by atoms with Crippen LogP contribution in [-0.4, -0.2) is 28.8 Å². The van der Waals surface area contributed by atoms with Crippen molar-refractivity contribution in [2.45, 2.75) is 18.9 Å². The number of nitroso groups, excluding NO2 is 1. The van der Waals surface area contributed by atoms with Gasteiger partial charge in [0.15, 0.2) is 5.13 Å². The summed E-state index contributed by atoms with van der Waals surface area (Å²) in [6, 6.07) is -0.926. The van der Waals surface area contributed by atoms with Crippen LogP contribution in [-0.2, 0) is 9.59 Å². The van der Waals surface area contributed by atoms with Crippen LogP contribution in [0.1, 0.15) is 23.4 Å². The maximum Gasteiger partial charge on any atom is 0.289 e. The molecule has 1 aliphatic heterocycles. The van der Waals surface area contributed by atoms with Crippen molar-refractivity contribution in [3.8, 4) is 0 Å². The Morgan fingerprint density at radius 1 is 1.45 bits per heavy atom. The second kappa shape index (κ2) is 5.98. The Bertz CT molecular complexity index is 705. The summed E-state index contributed by atoms with van der Waals surface area (Å²) in [6.07, 6.45) is 8.51. The first-order valence-corrected chi connectivity index (χ1v) is 7.33. The van der Waals surface area contributed by atoms with Gasteiger partial charge < -0.3 is 5.32 Å². The Labute approximate surface area is 129 Å². The summed E-state index contributed by atoms with van der Waals surface area (Å²) < 4.78 is 0. The van der Waals surface area contributed by atoms with Crippen molar-refractivity contribution < 1.29 is 9.59 Å². The molecule has 0 spiro atoms. The third-order valence-electron chi connectivity index (χ3n) is 3.02. The number of fused-ring (bicyclic) bond motifs is 1. The lowest BCUT2D eigenvalue weighted by Gasteiger charge is -2.00. The molecule has 22 heavy (non-hydrogen) atoms. The monoisotopic (exact) mass is 317 g/mol. The maximum atomic E-state index is 11.7. The Morgan fingerprint density at radius 2 is 2.27 bits per heavy atom. The van der Waals surface area contributed by atoms with Gasteiger partial charge >= 0.3 is 0 Å².